The van der Waals surface area contributed by atoms with Crippen LogP contribution in [0.4, 0.5) is 0 Å². The zero-order chi connectivity index (χ0) is 11.2. The molecule has 0 unspecified atom stereocenters. The second kappa shape index (κ2) is 2.95. The van der Waals surface area contributed by atoms with Crippen LogP contribution in [0.2, 0.25) is 0 Å². The Labute approximate surface area is 85.5 Å². The number of allylic oxidation sites excluding steroid dienone is 2. The number of hydrogen-bond donors (Lipinski definition) is 2. The van der Waals surface area contributed by atoms with Gasteiger partial charge in [-0.1, -0.05) is 0 Å². The van der Waals surface area contributed by atoms with Crippen molar-refractivity contribution in [1.82, 2.24) is 0 Å². The third kappa shape index (κ3) is 1.22. The van der Waals surface area contributed by atoms with E-state index in [1.807, 2.05) is 0 Å². The van der Waals surface area contributed by atoms with Crippen molar-refractivity contribution in [2.75, 3.05) is 0 Å². The van der Waals surface area contributed by atoms with Gasteiger partial charge in [0.05, 0.1) is 5.56 Å². The molecule has 0 amide bonds. The third-order valence-electron chi connectivity index (χ3n) is 2.35. The molecule has 0 fully saturated rings. The Morgan fingerprint density at radius 2 is 1.80 bits per heavy atom. The van der Waals surface area contributed by atoms with Crippen molar-refractivity contribution in [3.8, 4) is 11.5 Å². The average Bonchev–Trinajstić information content (AvgIpc) is 2.18. The topological polar surface area (TPSA) is 74.6 Å². The summed E-state index contributed by atoms with van der Waals surface area (Å²) in [7, 11) is 0. The highest BCUT2D eigenvalue weighted by Crippen LogP contribution is 2.35. The van der Waals surface area contributed by atoms with Gasteiger partial charge in [0.25, 0.3) is 0 Å². The minimum atomic E-state index is -0.533. The Balaban J connectivity index is 2.78. The highest BCUT2D eigenvalue weighted by Gasteiger charge is 2.27. The highest BCUT2D eigenvalue weighted by atomic mass is 16.3. The Morgan fingerprint density at radius 1 is 1.13 bits per heavy atom. The number of hydrogen-bond acceptors (Lipinski definition) is 4. The van der Waals surface area contributed by atoms with Gasteiger partial charge in [0.15, 0.2) is 23.1 Å². The molecular formula is C11H8O4. The van der Waals surface area contributed by atoms with E-state index in [9.17, 15) is 19.8 Å². The van der Waals surface area contributed by atoms with Crippen LogP contribution in [0.1, 0.15) is 27.6 Å². The van der Waals surface area contributed by atoms with Crippen LogP contribution in [0.15, 0.2) is 23.8 Å². The van der Waals surface area contributed by atoms with Gasteiger partial charge in [-0.15, -0.1) is 0 Å². The first kappa shape index (κ1) is 9.45. The van der Waals surface area contributed by atoms with Crippen LogP contribution < -0.4 is 0 Å². The average molecular weight is 204 g/mol. The highest BCUT2D eigenvalue weighted by molar-refractivity contribution is 6.25. The largest absolute Gasteiger partial charge is 0.504 e. The summed E-state index contributed by atoms with van der Waals surface area (Å²) in [4.78, 5) is 23.1. The molecule has 2 rings (SSSR count). The number of phenols is 2. The van der Waals surface area contributed by atoms with E-state index >= 15 is 0 Å². The standard InChI is InChI=1S/C11H8O4/c1-5-4-8(13)9-6(10(5)14)2-3-7(12)11(9)15/h2-4,12,15H,1H3. The molecule has 0 aromatic heterocycles. The van der Waals surface area contributed by atoms with E-state index in [4.69, 9.17) is 0 Å². The van der Waals surface area contributed by atoms with E-state index in [2.05, 4.69) is 0 Å². The maximum atomic E-state index is 11.6. The zero-order valence-electron chi connectivity index (χ0n) is 7.94. The molecule has 0 spiro atoms. The first-order valence-electron chi connectivity index (χ1n) is 4.34. The van der Waals surface area contributed by atoms with Crippen molar-refractivity contribution in [1.29, 1.82) is 0 Å². The summed E-state index contributed by atoms with van der Waals surface area (Å²) in [6, 6.07) is 2.53. The quantitative estimate of drug-likeness (QED) is 0.627. The number of fused-ring (bicyclic) bond motifs is 1. The molecule has 2 N–H and O–H groups in total. The number of rotatable bonds is 0. The number of aromatic hydroxyl groups is 2. The number of ketones is 2. The Morgan fingerprint density at radius 3 is 2.47 bits per heavy atom. The minimum absolute atomic E-state index is 0.120. The van der Waals surface area contributed by atoms with E-state index in [0.29, 0.717) is 5.57 Å². The molecule has 0 radical (unpaired) electrons. The fourth-order valence-electron chi connectivity index (χ4n) is 1.57. The molecule has 0 heterocycles. The lowest BCUT2D eigenvalue weighted by atomic mass is 9.89. The van der Waals surface area contributed by atoms with Crippen molar-refractivity contribution in [3.05, 3.63) is 34.9 Å². The van der Waals surface area contributed by atoms with Crippen LogP contribution >= 0.6 is 0 Å². The number of carbonyl (C=O) groups is 2. The Bertz CT molecular complexity index is 512. The summed E-state index contributed by atoms with van der Waals surface area (Å²) in [5.74, 6) is -1.70. The molecule has 0 bridgehead atoms. The third-order valence-corrected chi connectivity index (χ3v) is 2.35. The lowest BCUT2D eigenvalue weighted by Gasteiger charge is -2.14. The van der Waals surface area contributed by atoms with Crippen molar-refractivity contribution in [3.63, 3.8) is 0 Å². The van der Waals surface area contributed by atoms with Gasteiger partial charge in [-0.05, 0) is 25.1 Å². The van der Waals surface area contributed by atoms with E-state index in [0.717, 1.165) is 6.08 Å². The van der Waals surface area contributed by atoms with E-state index in [-0.39, 0.29) is 16.9 Å². The number of benzene rings is 1. The predicted octanol–water partition coefficient (Wildman–Crippen LogP) is 1.42. The molecule has 76 valence electrons. The maximum absolute atomic E-state index is 11.6. The van der Waals surface area contributed by atoms with Gasteiger partial charge in [-0.2, -0.15) is 0 Å². The summed E-state index contributed by atoms with van der Waals surface area (Å²) >= 11 is 0. The fraction of sp³-hybridized carbons (Fsp3) is 0.0909. The smallest absolute Gasteiger partial charge is 0.190 e. The van der Waals surface area contributed by atoms with Crippen LogP contribution in [0.5, 0.6) is 11.5 Å². The van der Waals surface area contributed by atoms with E-state index in [1.165, 1.54) is 19.1 Å². The summed E-state index contributed by atoms with van der Waals surface area (Å²) in [5, 5.41) is 18.7. The molecule has 0 aliphatic heterocycles. The molecular weight excluding hydrogens is 196 g/mol. The van der Waals surface area contributed by atoms with Crippen LogP contribution in [-0.4, -0.2) is 21.8 Å². The van der Waals surface area contributed by atoms with Crippen LogP contribution in [0.3, 0.4) is 0 Å². The molecule has 1 aromatic carbocycles. The van der Waals surface area contributed by atoms with Gasteiger partial charge >= 0.3 is 0 Å². The summed E-state index contributed by atoms with van der Waals surface area (Å²) in [6.07, 6.45) is 1.16. The van der Waals surface area contributed by atoms with Crippen molar-refractivity contribution >= 4 is 11.6 Å². The first-order valence-corrected chi connectivity index (χ1v) is 4.34. The minimum Gasteiger partial charge on any atom is -0.504 e. The van der Waals surface area contributed by atoms with Crippen LogP contribution in [0.25, 0.3) is 0 Å². The van der Waals surface area contributed by atoms with E-state index < -0.39 is 17.3 Å². The Hall–Kier alpha value is -2.10. The molecule has 0 atom stereocenters. The van der Waals surface area contributed by atoms with Gasteiger partial charge in [-0.3, -0.25) is 9.59 Å². The van der Waals surface area contributed by atoms with Crippen molar-refractivity contribution < 1.29 is 19.8 Å². The molecule has 1 aromatic rings. The number of phenolic OH excluding ortho intramolecular Hbond substituents is 2. The zero-order valence-corrected chi connectivity index (χ0v) is 7.94. The maximum Gasteiger partial charge on any atom is 0.190 e. The van der Waals surface area contributed by atoms with Crippen molar-refractivity contribution in [2.45, 2.75) is 6.92 Å². The molecule has 1 aliphatic rings. The summed E-state index contributed by atoms with van der Waals surface area (Å²) in [6.45, 7) is 1.53. The van der Waals surface area contributed by atoms with Gasteiger partial charge in [-0.25, -0.2) is 0 Å². The van der Waals surface area contributed by atoms with Gasteiger partial charge in [0, 0.05) is 11.1 Å². The Kier molecular flexibility index (Phi) is 1.86. The number of carbonyl (C=O) groups excluding carboxylic acids is 2. The fourth-order valence-corrected chi connectivity index (χ4v) is 1.57. The molecule has 15 heavy (non-hydrogen) atoms. The van der Waals surface area contributed by atoms with Gasteiger partial charge < -0.3 is 10.2 Å². The lowest BCUT2D eigenvalue weighted by Crippen LogP contribution is -2.15. The first-order chi connectivity index (χ1) is 7.02. The van der Waals surface area contributed by atoms with Gasteiger partial charge in [0.2, 0.25) is 0 Å². The van der Waals surface area contributed by atoms with Crippen LogP contribution in [-0.2, 0) is 0 Å². The normalized spacial score (nSPS) is 14.9. The molecule has 4 nitrogen and oxygen atoms in total. The summed E-state index contributed by atoms with van der Waals surface area (Å²) in [5.41, 5.74) is 0.346. The second-order valence-electron chi connectivity index (χ2n) is 3.38. The van der Waals surface area contributed by atoms with Crippen LogP contribution in [0, 0.1) is 0 Å². The van der Waals surface area contributed by atoms with E-state index in [1.54, 1.807) is 0 Å². The summed E-state index contributed by atoms with van der Waals surface area (Å²) < 4.78 is 0. The molecule has 0 saturated carbocycles. The molecule has 1 aliphatic carbocycles. The number of Topliss-reactive ketones (excluding diaryl/α,β-unsaturated/α-hetero) is 1. The predicted molar refractivity (Wildman–Crippen MR) is 52.2 cm³/mol. The SMILES string of the molecule is CC1=CC(=O)c2c(ccc(O)c2O)C1=O. The molecule has 4 heteroatoms. The van der Waals surface area contributed by atoms with Crippen molar-refractivity contribution in [2.24, 2.45) is 0 Å². The lowest BCUT2D eigenvalue weighted by molar-refractivity contribution is 0.0981. The second-order valence-corrected chi connectivity index (χ2v) is 3.38. The van der Waals surface area contributed by atoms with Gasteiger partial charge in [0.1, 0.15) is 0 Å². The monoisotopic (exact) mass is 204 g/mol. The molecule has 0 saturated heterocycles.